The number of alkyl halides is 3. The quantitative estimate of drug-likeness (QED) is 0.546. The average Bonchev–Trinajstić information content (AvgIpc) is 3.12. The Labute approximate surface area is 172 Å². The van der Waals surface area contributed by atoms with E-state index >= 15 is 0 Å². The number of rotatable bonds is 8. The zero-order chi connectivity index (χ0) is 21.7. The summed E-state index contributed by atoms with van der Waals surface area (Å²) in [5, 5.41) is 3.93. The number of amides is 1. The van der Waals surface area contributed by atoms with Crippen LogP contribution in [0.5, 0.6) is 11.5 Å². The minimum atomic E-state index is -4.43. The van der Waals surface area contributed by atoms with Crippen molar-refractivity contribution in [2.75, 3.05) is 19.0 Å². The third kappa shape index (κ3) is 5.46. The largest absolute Gasteiger partial charge is 0.493 e. The average molecular weight is 420 g/mol. The Balaban J connectivity index is 1.58. The Bertz CT molecular complexity index is 1030. The maximum absolute atomic E-state index is 12.3. The smallest absolute Gasteiger partial charge is 0.422 e. The fraction of sp³-hybridized carbons (Fsp3) is 0.318. The number of ether oxygens (including phenoxy) is 2. The van der Waals surface area contributed by atoms with Gasteiger partial charge in [-0.1, -0.05) is 6.07 Å². The van der Waals surface area contributed by atoms with Gasteiger partial charge < -0.3 is 19.4 Å². The predicted molar refractivity (Wildman–Crippen MR) is 109 cm³/mol. The van der Waals surface area contributed by atoms with E-state index < -0.39 is 12.8 Å². The molecule has 2 aromatic carbocycles. The number of methoxy groups -OCH3 is 1. The zero-order valence-corrected chi connectivity index (χ0v) is 16.8. The fourth-order valence-corrected chi connectivity index (χ4v) is 3.18. The summed E-state index contributed by atoms with van der Waals surface area (Å²) in [6, 6.07) is 12.4. The number of hydrogen-bond acceptors (Lipinski definition) is 3. The second-order valence-electron chi connectivity index (χ2n) is 6.81. The minimum absolute atomic E-state index is 0.00958. The van der Waals surface area contributed by atoms with Gasteiger partial charge in [0.05, 0.1) is 7.11 Å². The molecule has 0 saturated carbocycles. The molecule has 8 heteroatoms. The standard InChI is InChI=1S/C22H23F3N2O3/c1-3-27-11-10-16-13-17(6-7-18(16)27)26-21(28)9-5-15-4-8-19(20(12-15)29-2)30-14-22(23,24)25/h4,6-8,10-13H,3,5,9,14H2,1-2H3,(H,26,28). The molecular formula is C22H23F3N2O3. The maximum Gasteiger partial charge on any atom is 0.422 e. The Hall–Kier alpha value is -3.16. The van der Waals surface area contributed by atoms with Crippen molar-refractivity contribution < 1.29 is 27.4 Å². The van der Waals surface area contributed by atoms with E-state index in [2.05, 4.69) is 16.8 Å². The van der Waals surface area contributed by atoms with E-state index in [1.54, 1.807) is 12.1 Å². The summed E-state index contributed by atoms with van der Waals surface area (Å²) < 4.78 is 49.0. The lowest BCUT2D eigenvalue weighted by molar-refractivity contribution is -0.153. The SMILES string of the molecule is CCn1ccc2cc(NC(=O)CCc3ccc(OCC(F)(F)F)c(OC)c3)ccc21. The van der Waals surface area contributed by atoms with Crippen molar-refractivity contribution in [1.82, 2.24) is 4.57 Å². The normalized spacial score (nSPS) is 11.5. The van der Waals surface area contributed by atoms with E-state index in [4.69, 9.17) is 9.47 Å². The Kier molecular flexibility index (Phi) is 6.54. The van der Waals surface area contributed by atoms with Gasteiger partial charge in [-0.05, 0) is 55.3 Å². The van der Waals surface area contributed by atoms with Crippen molar-refractivity contribution in [2.24, 2.45) is 0 Å². The van der Waals surface area contributed by atoms with Gasteiger partial charge in [-0.3, -0.25) is 4.79 Å². The van der Waals surface area contributed by atoms with Crippen LogP contribution in [0.2, 0.25) is 0 Å². The van der Waals surface area contributed by atoms with E-state index in [0.717, 1.165) is 28.7 Å². The van der Waals surface area contributed by atoms with Crippen molar-refractivity contribution in [1.29, 1.82) is 0 Å². The number of aryl methyl sites for hydroxylation is 2. The van der Waals surface area contributed by atoms with Crippen molar-refractivity contribution in [3.05, 3.63) is 54.2 Å². The number of nitrogens with one attached hydrogen (secondary N) is 1. The van der Waals surface area contributed by atoms with Gasteiger partial charge >= 0.3 is 6.18 Å². The molecule has 3 rings (SSSR count). The number of hydrogen-bond donors (Lipinski definition) is 1. The molecule has 0 aliphatic heterocycles. The molecule has 1 aromatic heterocycles. The molecule has 0 atom stereocenters. The van der Waals surface area contributed by atoms with Crippen molar-refractivity contribution in [3.63, 3.8) is 0 Å². The summed E-state index contributed by atoms with van der Waals surface area (Å²) in [6.45, 7) is 1.55. The molecule has 3 aromatic rings. The molecule has 0 aliphatic rings. The maximum atomic E-state index is 12.3. The van der Waals surface area contributed by atoms with Crippen LogP contribution in [-0.4, -0.2) is 30.4 Å². The van der Waals surface area contributed by atoms with E-state index in [1.165, 1.54) is 13.2 Å². The first-order valence-corrected chi connectivity index (χ1v) is 9.54. The lowest BCUT2D eigenvalue weighted by Crippen LogP contribution is -2.19. The van der Waals surface area contributed by atoms with E-state index in [9.17, 15) is 18.0 Å². The number of fused-ring (bicyclic) bond motifs is 1. The van der Waals surface area contributed by atoms with Gasteiger partial charge in [0.1, 0.15) is 0 Å². The first kappa shape index (κ1) is 21.5. The van der Waals surface area contributed by atoms with Crippen molar-refractivity contribution in [3.8, 4) is 11.5 Å². The minimum Gasteiger partial charge on any atom is -0.493 e. The van der Waals surface area contributed by atoms with Gasteiger partial charge in [-0.25, -0.2) is 0 Å². The van der Waals surface area contributed by atoms with Crippen LogP contribution >= 0.6 is 0 Å². The van der Waals surface area contributed by atoms with Crippen molar-refractivity contribution in [2.45, 2.75) is 32.5 Å². The summed E-state index contributed by atoms with van der Waals surface area (Å²) in [5.74, 6) is 0.0547. The fourth-order valence-electron chi connectivity index (χ4n) is 3.18. The molecule has 1 heterocycles. The highest BCUT2D eigenvalue weighted by atomic mass is 19.4. The molecule has 0 fully saturated rings. The molecule has 1 amide bonds. The van der Waals surface area contributed by atoms with Crippen molar-refractivity contribution >= 4 is 22.5 Å². The van der Waals surface area contributed by atoms with Crippen LogP contribution in [-0.2, 0) is 17.8 Å². The van der Waals surface area contributed by atoms with Gasteiger partial charge in [0.2, 0.25) is 5.91 Å². The van der Waals surface area contributed by atoms with E-state index in [-0.39, 0.29) is 23.8 Å². The molecule has 160 valence electrons. The van der Waals surface area contributed by atoms with Gasteiger partial charge in [0, 0.05) is 35.8 Å². The predicted octanol–water partition coefficient (Wildman–Crippen LogP) is 5.18. The molecule has 1 N–H and O–H groups in total. The second-order valence-corrected chi connectivity index (χ2v) is 6.81. The topological polar surface area (TPSA) is 52.5 Å². The zero-order valence-electron chi connectivity index (χ0n) is 16.8. The summed E-state index contributed by atoms with van der Waals surface area (Å²) in [4.78, 5) is 12.3. The summed E-state index contributed by atoms with van der Waals surface area (Å²) in [6.07, 6.45) is -1.79. The molecule has 30 heavy (non-hydrogen) atoms. The molecule has 0 saturated heterocycles. The molecule has 0 aliphatic carbocycles. The van der Waals surface area contributed by atoms with E-state index in [0.29, 0.717) is 6.42 Å². The highest BCUT2D eigenvalue weighted by molar-refractivity contribution is 5.94. The number of benzene rings is 2. The molecule has 0 unspecified atom stereocenters. The Morgan fingerprint density at radius 2 is 1.90 bits per heavy atom. The van der Waals surface area contributed by atoms with Gasteiger partial charge in [0.15, 0.2) is 18.1 Å². The van der Waals surface area contributed by atoms with Gasteiger partial charge in [0.25, 0.3) is 0 Å². The molecule has 0 spiro atoms. The van der Waals surface area contributed by atoms with Crippen LogP contribution in [0.1, 0.15) is 18.9 Å². The third-order valence-corrected chi connectivity index (χ3v) is 4.66. The Morgan fingerprint density at radius 1 is 1.10 bits per heavy atom. The van der Waals surface area contributed by atoms with Crippen LogP contribution in [0.15, 0.2) is 48.7 Å². The summed E-state index contributed by atoms with van der Waals surface area (Å²) in [5.41, 5.74) is 2.59. The monoisotopic (exact) mass is 420 g/mol. The Morgan fingerprint density at radius 3 is 2.60 bits per heavy atom. The lowest BCUT2D eigenvalue weighted by atomic mass is 10.1. The lowest BCUT2D eigenvalue weighted by Gasteiger charge is -2.13. The number of aromatic nitrogens is 1. The molecule has 0 bridgehead atoms. The van der Waals surface area contributed by atoms with Crippen LogP contribution in [0.3, 0.4) is 0 Å². The first-order valence-electron chi connectivity index (χ1n) is 9.54. The first-order chi connectivity index (χ1) is 14.3. The van der Waals surface area contributed by atoms with Crippen LogP contribution in [0.4, 0.5) is 18.9 Å². The number of carbonyl (C=O) groups excluding carboxylic acids is 1. The highest BCUT2D eigenvalue weighted by Gasteiger charge is 2.29. The second kappa shape index (κ2) is 9.11. The van der Waals surface area contributed by atoms with Crippen LogP contribution in [0, 0.1) is 0 Å². The van der Waals surface area contributed by atoms with E-state index in [1.807, 2.05) is 30.5 Å². The van der Waals surface area contributed by atoms with Crippen LogP contribution in [0.25, 0.3) is 10.9 Å². The number of carbonyl (C=O) groups is 1. The van der Waals surface area contributed by atoms with Crippen LogP contribution < -0.4 is 14.8 Å². The highest BCUT2D eigenvalue weighted by Crippen LogP contribution is 2.30. The summed E-state index contributed by atoms with van der Waals surface area (Å²) >= 11 is 0. The summed E-state index contributed by atoms with van der Waals surface area (Å²) in [7, 11) is 1.36. The number of anilines is 1. The third-order valence-electron chi connectivity index (χ3n) is 4.66. The van der Waals surface area contributed by atoms with Gasteiger partial charge in [-0.2, -0.15) is 13.2 Å². The molecular weight excluding hydrogens is 397 g/mol. The number of halogens is 3. The molecule has 0 radical (unpaired) electrons. The number of nitrogens with zero attached hydrogens (tertiary/aromatic N) is 1. The van der Waals surface area contributed by atoms with Gasteiger partial charge in [-0.15, -0.1) is 0 Å². The molecule has 5 nitrogen and oxygen atoms in total.